The van der Waals surface area contributed by atoms with E-state index in [9.17, 15) is 4.79 Å². The summed E-state index contributed by atoms with van der Waals surface area (Å²) in [5, 5.41) is 2.79. The minimum atomic E-state index is -0.262. The summed E-state index contributed by atoms with van der Waals surface area (Å²) in [5.74, 6) is 0.516. The van der Waals surface area contributed by atoms with E-state index in [1.807, 2.05) is 13.8 Å². The molecule has 0 aliphatic carbocycles. The number of carbonyl (C=O) groups is 1. The van der Waals surface area contributed by atoms with Crippen LogP contribution in [0.15, 0.2) is 6.20 Å². The van der Waals surface area contributed by atoms with Crippen molar-refractivity contribution in [2.24, 2.45) is 0 Å². The number of nitrogens with two attached hydrogens (primary N) is 1. The van der Waals surface area contributed by atoms with Crippen molar-refractivity contribution in [3.05, 3.63) is 17.7 Å². The van der Waals surface area contributed by atoms with Gasteiger partial charge in [-0.2, -0.15) is 0 Å². The zero-order valence-corrected chi connectivity index (χ0v) is 12.5. The van der Waals surface area contributed by atoms with E-state index < -0.39 is 0 Å². The molecule has 0 aromatic carbocycles. The summed E-state index contributed by atoms with van der Waals surface area (Å²) < 4.78 is 5.34. The molecule has 0 saturated carbocycles. The maximum atomic E-state index is 12.0. The van der Waals surface area contributed by atoms with E-state index in [1.54, 1.807) is 0 Å². The Morgan fingerprint density at radius 2 is 2.20 bits per heavy atom. The van der Waals surface area contributed by atoms with Crippen molar-refractivity contribution in [2.75, 3.05) is 25.5 Å². The van der Waals surface area contributed by atoms with Crippen LogP contribution in [0.25, 0.3) is 0 Å². The van der Waals surface area contributed by atoms with Gasteiger partial charge in [0, 0.05) is 25.7 Å². The van der Waals surface area contributed by atoms with Gasteiger partial charge in [0.05, 0.1) is 11.9 Å². The van der Waals surface area contributed by atoms with Crippen molar-refractivity contribution >= 4 is 11.6 Å². The molecule has 6 nitrogen and oxygen atoms in total. The normalized spacial score (nSPS) is 10.8. The first-order valence-electron chi connectivity index (χ1n) is 7.04. The zero-order valence-electron chi connectivity index (χ0n) is 12.5. The van der Waals surface area contributed by atoms with E-state index in [2.05, 4.69) is 22.2 Å². The Hall–Kier alpha value is -1.69. The predicted molar refractivity (Wildman–Crippen MR) is 78.6 cm³/mol. The van der Waals surface area contributed by atoms with Crippen molar-refractivity contribution in [1.29, 1.82) is 0 Å². The largest absolute Gasteiger partial charge is 0.396 e. The van der Waals surface area contributed by atoms with Gasteiger partial charge in [0.1, 0.15) is 5.82 Å². The van der Waals surface area contributed by atoms with E-state index in [4.69, 9.17) is 10.5 Å². The highest BCUT2D eigenvalue weighted by Gasteiger charge is 2.14. The van der Waals surface area contributed by atoms with Gasteiger partial charge < -0.3 is 15.8 Å². The van der Waals surface area contributed by atoms with Crippen LogP contribution in [0.4, 0.5) is 5.69 Å². The van der Waals surface area contributed by atoms with E-state index >= 15 is 0 Å². The monoisotopic (exact) mass is 280 g/mol. The topological polar surface area (TPSA) is 90.1 Å². The summed E-state index contributed by atoms with van der Waals surface area (Å²) in [6, 6.07) is 0. The number of aromatic nitrogens is 2. The van der Waals surface area contributed by atoms with Crippen LogP contribution in [0.5, 0.6) is 0 Å². The van der Waals surface area contributed by atoms with Crippen LogP contribution >= 0.6 is 0 Å². The fourth-order valence-electron chi connectivity index (χ4n) is 1.57. The third-order valence-electron chi connectivity index (χ3n) is 2.67. The Bertz CT molecular complexity index is 435. The number of rotatable bonds is 8. The molecule has 20 heavy (non-hydrogen) atoms. The van der Waals surface area contributed by atoms with Crippen LogP contribution in [0.3, 0.4) is 0 Å². The molecule has 0 saturated heterocycles. The molecule has 112 valence electrons. The molecule has 1 heterocycles. The smallest absolute Gasteiger partial charge is 0.272 e. The van der Waals surface area contributed by atoms with Crippen LogP contribution in [0, 0.1) is 0 Å². The second kappa shape index (κ2) is 8.47. The molecule has 0 radical (unpaired) electrons. The first-order valence-corrected chi connectivity index (χ1v) is 7.04. The lowest BCUT2D eigenvalue weighted by Crippen LogP contribution is -2.27. The maximum absolute atomic E-state index is 12.0. The van der Waals surface area contributed by atoms with Crippen LogP contribution in [-0.4, -0.2) is 35.6 Å². The number of amides is 1. The molecule has 0 atom stereocenters. The summed E-state index contributed by atoms with van der Waals surface area (Å²) in [7, 11) is 0. The molecule has 0 unspecified atom stereocenters. The van der Waals surface area contributed by atoms with Gasteiger partial charge >= 0.3 is 0 Å². The quantitative estimate of drug-likeness (QED) is 0.708. The van der Waals surface area contributed by atoms with Crippen molar-refractivity contribution in [3.63, 3.8) is 0 Å². The molecule has 1 rings (SSSR count). The average molecular weight is 280 g/mol. The molecule has 1 aromatic heterocycles. The van der Waals surface area contributed by atoms with E-state index in [1.165, 1.54) is 6.20 Å². The number of ether oxygens (including phenoxy) is 1. The first-order chi connectivity index (χ1) is 9.56. The van der Waals surface area contributed by atoms with Crippen LogP contribution in [0.1, 0.15) is 55.8 Å². The lowest BCUT2D eigenvalue weighted by Gasteiger charge is -2.09. The van der Waals surface area contributed by atoms with Crippen LogP contribution < -0.4 is 11.1 Å². The molecular formula is C14H24N4O2. The van der Waals surface area contributed by atoms with Crippen molar-refractivity contribution < 1.29 is 9.53 Å². The highest BCUT2D eigenvalue weighted by atomic mass is 16.5. The minimum Gasteiger partial charge on any atom is -0.396 e. The van der Waals surface area contributed by atoms with Crippen molar-refractivity contribution in [1.82, 2.24) is 15.3 Å². The number of nitrogens with zero attached hydrogens (tertiary/aromatic N) is 2. The van der Waals surface area contributed by atoms with E-state index in [-0.39, 0.29) is 17.5 Å². The van der Waals surface area contributed by atoms with Crippen LogP contribution in [-0.2, 0) is 4.74 Å². The Labute approximate surface area is 120 Å². The highest BCUT2D eigenvalue weighted by molar-refractivity contribution is 5.96. The molecule has 0 aliphatic heterocycles. The molecule has 0 spiro atoms. The third-order valence-corrected chi connectivity index (χ3v) is 2.67. The van der Waals surface area contributed by atoms with Crippen LogP contribution in [0.2, 0.25) is 0 Å². The fourth-order valence-corrected chi connectivity index (χ4v) is 1.57. The summed E-state index contributed by atoms with van der Waals surface area (Å²) in [4.78, 5) is 20.3. The number of nitrogen functional groups attached to an aromatic ring is 1. The minimum absolute atomic E-state index is 0.157. The Morgan fingerprint density at radius 1 is 1.45 bits per heavy atom. The second-order valence-electron chi connectivity index (χ2n) is 4.91. The Balaban J connectivity index is 2.48. The highest BCUT2D eigenvalue weighted by Crippen LogP contribution is 2.13. The Kier molecular flexibility index (Phi) is 6.93. The fraction of sp³-hybridized carbons (Fsp3) is 0.643. The number of carbonyl (C=O) groups excluding carboxylic acids is 1. The summed E-state index contributed by atoms with van der Waals surface area (Å²) >= 11 is 0. The standard InChI is InChI=1S/C14H24N4O2/c1-4-7-20-8-5-6-16-14(19)12-11(15)9-17-13(18-12)10(2)3/h9-10H,4-8,15H2,1-3H3,(H,16,19). The molecule has 1 aromatic rings. The SMILES string of the molecule is CCCOCCCNC(=O)c1nc(C(C)C)ncc1N. The average Bonchev–Trinajstić information content (AvgIpc) is 2.42. The van der Waals surface area contributed by atoms with Crippen molar-refractivity contribution in [3.8, 4) is 0 Å². The number of nitrogens with one attached hydrogen (secondary N) is 1. The van der Waals surface area contributed by atoms with Gasteiger partial charge in [-0.15, -0.1) is 0 Å². The van der Waals surface area contributed by atoms with Gasteiger partial charge in [-0.05, 0) is 12.8 Å². The summed E-state index contributed by atoms with van der Waals surface area (Å²) in [6.07, 6.45) is 3.26. The lowest BCUT2D eigenvalue weighted by atomic mass is 10.2. The zero-order chi connectivity index (χ0) is 15.0. The second-order valence-corrected chi connectivity index (χ2v) is 4.91. The van der Waals surface area contributed by atoms with Gasteiger partial charge in [-0.3, -0.25) is 4.79 Å². The summed E-state index contributed by atoms with van der Waals surface area (Å²) in [5.41, 5.74) is 6.30. The van der Waals surface area contributed by atoms with Gasteiger partial charge in [-0.1, -0.05) is 20.8 Å². The summed E-state index contributed by atoms with van der Waals surface area (Å²) in [6.45, 7) is 7.95. The number of hydrogen-bond donors (Lipinski definition) is 2. The molecule has 3 N–H and O–H groups in total. The van der Waals surface area contributed by atoms with Gasteiger partial charge in [0.15, 0.2) is 5.69 Å². The van der Waals surface area contributed by atoms with Crippen molar-refractivity contribution in [2.45, 2.75) is 39.5 Å². The molecule has 0 bridgehead atoms. The first kappa shape index (κ1) is 16.4. The van der Waals surface area contributed by atoms with Gasteiger partial charge in [0.25, 0.3) is 5.91 Å². The molecule has 1 amide bonds. The van der Waals surface area contributed by atoms with Gasteiger partial charge in [-0.25, -0.2) is 9.97 Å². The molecule has 0 aliphatic rings. The molecule has 0 fully saturated rings. The van der Waals surface area contributed by atoms with Gasteiger partial charge in [0.2, 0.25) is 0 Å². The Morgan fingerprint density at radius 3 is 2.85 bits per heavy atom. The third kappa shape index (κ3) is 5.13. The molecular weight excluding hydrogens is 256 g/mol. The predicted octanol–water partition coefficient (Wildman–Crippen LogP) is 1.73. The molecule has 6 heteroatoms. The number of hydrogen-bond acceptors (Lipinski definition) is 5. The lowest BCUT2D eigenvalue weighted by molar-refractivity contribution is 0.0937. The van der Waals surface area contributed by atoms with E-state index in [0.29, 0.717) is 24.7 Å². The maximum Gasteiger partial charge on any atom is 0.272 e. The van der Waals surface area contributed by atoms with E-state index in [0.717, 1.165) is 19.4 Å². The number of anilines is 1.